The number of carbonyl (C=O) groups excluding carboxylic acids is 1. The Morgan fingerprint density at radius 1 is 1.50 bits per heavy atom. The molecule has 0 aliphatic rings. The molecule has 1 aromatic rings. The van der Waals surface area contributed by atoms with Crippen molar-refractivity contribution in [2.24, 2.45) is 0 Å². The Labute approximate surface area is 74.0 Å². The normalized spacial score (nSPS) is 9.75. The number of rotatable bonds is 4. The predicted molar refractivity (Wildman–Crippen MR) is 45.2 cm³/mol. The maximum atomic E-state index is 10.2. The molecule has 0 aliphatic carbocycles. The summed E-state index contributed by atoms with van der Waals surface area (Å²) >= 11 is 1.35. The molecule has 12 heavy (non-hydrogen) atoms. The zero-order chi connectivity index (χ0) is 8.81. The third-order valence-electron chi connectivity index (χ3n) is 1.11. The fourth-order valence-electron chi connectivity index (χ4n) is 0.599. The Bertz CT molecular complexity index is 250. The molecule has 1 N–H and O–H groups in total. The van der Waals surface area contributed by atoms with Crippen LogP contribution in [0.4, 0.5) is 0 Å². The first-order chi connectivity index (χ1) is 5.86. The largest absolute Gasteiger partial charge is 0.396 e. The van der Waals surface area contributed by atoms with Crippen LogP contribution in [0.2, 0.25) is 0 Å². The van der Waals surface area contributed by atoms with Crippen LogP contribution in [0.5, 0.6) is 0 Å². The van der Waals surface area contributed by atoms with E-state index in [-0.39, 0.29) is 6.61 Å². The molecular formula is C7H8N2O2S. The molecule has 0 saturated carbocycles. The lowest BCUT2D eigenvalue weighted by Crippen LogP contribution is -1.92. The number of aliphatic hydroxyl groups excluding tert-OH is 1. The van der Waals surface area contributed by atoms with E-state index in [1.54, 1.807) is 0 Å². The average molecular weight is 184 g/mol. The van der Waals surface area contributed by atoms with Crippen LogP contribution in [-0.2, 0) is 0 Å². The van der Waals surface area contributed by atoms with Crippen molar-refractivity contribution in [2.45, 2.75) is 5.16 Å². The lowest BCUT2D eigenvalue weighted by molar-refractivity contribution is 0.112. The highest BCUT2D eigenvalue weighted by Gasteiger charge is 1.96. The SMILES string of the molecule is O=Cc1cnc(SCCO)nc1. The maximum absolute atomic E-state index is 10.2. The number of hydrogen-bond donors (Lipinski definition) is 1. The summed E-state index contributed by atoms with van der Waals surface area (Å²) in [5, 5.41) is 9.07. The van der Waals surface area contributed by atoms with Crippen molar-refractivity contribution in [3.05, 3.63) is 18.0 Å². The zero-order valence-electron chi connectivity index (χ0n) is 6.30. The Balaban J connectivity index is 2.58. The highest BCUT2D eigenvalue weighted by molar-refractivity contribution is 7.99. The first-order valence-electron chi connectivity index (χ1n) is 3.37. The molecule has 0 unspecified atom stereocenters. The molecule has 4 nitrogen and oxygen atoms in total. The van der Waals surface area contributed by atoms with Crippen molar-refractivity contribution in [1.29, 1.82) is 0 Å². The van der Waals surface area contributed by atoms with E-state index in [1.807, 2.05) is 0 Å². The molecule has 0 atom stereocenters. The van der Waals surface area contributed by atoms with Gasteiger partial charge in [-0.25, -0.2) is 9.97 Å². The minimum atomic E-state index is 0.101. The van der Waals surface area contributed by atoms with Crippen LogP contribution < -0.4 is 0 Å². The third kappa shape index (κ3) is 2.60. The van der Waals surface area contributed by atoms with Crippen LogP contribution in [0.25, 0.3) is 0 Å². The average Bonchev–Trinajstić information content (AvgIpc) is 2.15. The molecule has 0 spiro atoms. The van der Waals surface area contributed by atoms with Gasteiger partial charge >= 0.3 is 0 Å². The number of carbonyl (C=O) groups is 1. The van der Waals surface area contributed by atoms with Gasteiger partial charge in [-0.05, 0) is 0 Å². The van der Waals surface area contributed by atoms with Gasteiger partial charge in [0, 0.05) is 18.1 Å². The van der Waals surface area contributed by atoms with Crippen LogP contribution in [0.1, 0.15) is 10.4 Å². The fraction of sp³-hybridized carbons (Fsp3) is 0.286. The first kappa shape index (κ1) is 9.15. The highest BCUT2D eigenvalue weighted by atomic mass is 32.2. The molecule has 0 amide bonds. The van der Waals surface area contributed by atoms with Gasteiger partial charge in [0.1, 0.15) is 0 Å². The summed E-state index contributed by atoms with van der Waals surface area (Å²) in [6, 6.07) is 0. The Hall–Kier alpha value is -0.940. The van der Waals surface area contributed by atoms with Crippen LogP contribution in [0.15, 0.2) is 17.6 Å². The number of thioether (sulfide) groups is 1. The number of nitrogens with zero attached hydrogens (tertiary/aromatic N) is 2. The van der Waals surface area contributed by atoms with E-state index in [9.17, 15) is 4.79 Å². The van der Waals surface area contributed by atoms with Gasteiger partial charge in [-0.3, -0.25) is 4.79 Å². The van der Waals surface area contributed by atoms with Gasteiger partial charge in [0.25, 0.3) is 0 Å². The molecule has 1 aromatic heterocycles. The summed E-state index contributed by atoms with van der Waals surface area (Å²) in [6.45, 7) is 0.101. The second-order valence-corrected chi connectivity index (χ2v) is 3.05. The van der Waals surface area contributed by atoms with Crippen molar-refractivity contribution in [3.63, 3.8) is 0 Å². The quantitative estimate of drug-likeness (QED) is 0.416. The van der Waals surface area contributed by atoms with Crippen molar-refractivity contribution in [1.82, 2.24) is 9.97 Å². The zero-order valence-corrected chi connectivity index (χ0v) is 7.12. The van der Waals surface area contributed by atoms with Crippen molar-refractivity contribution < 1.29 is 9.90 Å². The highest BCUT2D eigenvalue weighted by Crippen LogP contribution is 2.09. The predicted octanol–water partition coefficient (Wildman–Crippen LogP) is 0.373. The van der Waals surface area contributed by atoms with Gasteiger partial charge < -0.3 is 5.11 Å². The smallest absolute Gasteiger partial charge is 0.187 e. The maximum Gasteiger partial charge on any atom is 0.187 e. The topological polar surface area (TPSA) is 63.1 Å². The molecular weight excluding hydrogens is 176 g/mol. The van der Waals surface area contributed by atoms with Gasteiger partial charge in [0.2, 0.25) is 0 Å². The summed E-state index contributed by atoms with van der Waals surface area (Å²) in [7, 11) is 0. The van der Waals surface area contributed by atoms with Gasteiger partial charge in [-0.2, -0.15) is 0 Å². The molecule has 64 valence electrons. The number of hydrogen-bond acceptors (Lipinski definition) is 5. The Kier molecular flexibility index (Phi) is 3.69. The molecule has 0 aromatic carbocycles. The second kappa shape index (κ2) is 4.84. The number of aromatic nitrogens is 2. The molecule has 0 fully saturated rings. The Morgan fingerprint density at radius 2 is 2.17 bits per heavy atom. The monoisotopic (exact) mass is 184 g/mol. The minimum absolute atomic E-state index is 0.101. The van der Waals surface area contributed by atoms with Gasteiger partial charge in [-0.15, -0.1) is 0 Å². The molecule has 0 aliphatic heterocycles. The molecule has 1 rings (SSSR count). The minimum Gasteiger partial charge on any atom is -0.396 e. The van der Waals surface area contributed by atoms with Crippen LogP contribution >= 0.6 is 11.8 Å². The van der Waals surface area contributed by atoms with Crippen molar-refractivity contribution >= 4 is 18.0 Å². The lowest BCUT2D eigenvalue weighted by atomic mass is 10.4. The van der Waals surface area contributed by atoms with Crippen LogP contribution in [0.3, 0.4) is 0 Å². The lowest BCUT2D eigenvalue weighted by Gasteiger charge is -1.95. The van der Waals surface area contributed by atoms with Crippen molar-refractivity contribution in [2.75, 3.05) is 12.4 Å². The summed E-state index contributed by atoms with van der Waals surface area (Å²) in [4.78, 5) is 18.0. The molecule has 1 heterocycles. The van der Waals surface area contributed by atoms with E-state index in [2.05, 4.69) is 9.97 Å². The molecule has 0 bridgehead atoms. The number of aldehydes is 1. The summed E-state index contributed by atoms with van der Waals surface area (Å²) in [5.74, 6) is 0.570. The first-order valence-corrected chi connectivity index (χ1v) is 4.36. The number of aliphatic hydroxyl groups is 1. The summed E-state index contributed by atoms with van der Waals surface area (Å²) < 4.78 is 0. The standard InChI is InChI=1S/C7H8N2O2S/c10-1-2-12-7-8-3-6(5-11)4-9-7/h3-5,10H,1-2H2. The van der Waals surface area contributed by atoms with Gasteiger partial charge in [-0.1, -0.05) is 11.8 Å². The van der Waals surface area contributed by atoms with E-state index in [4.69, 9.17) is 5.11 Å². The van der Waals surface area contributed by atoms with Crippen LogP contribution in [-0.4, -0.2) is 33.7 Å². The molecule has 0 radical (unpaired) electrons. The van der Waals surface area contributed by atoms with Crippen LogP contribution in [0, 0.1) is 0 Å². The van der Waals surface area contributed by atoms with E-state index < -0.39 is 0 Å². The second-order valence-electron chi connectivity index (χ2n) is 1.99. The molecule has 5 heteroatoms. The van der Waals surface area contributed by atoms with E-state index in [0.717, 1.165) is 0 Å². The van der Waals surface area contributed by atoms with E-state index in [1.165, 1.54) is 24.2 Å². The van der Waals surface area contributed by atoms with E-state index in [0.29, 0.717) is 22.8 Å². The van der Waals surface area contributed by atoms with Gasteiger partial charge in [0.15, 0.2) is 11.4 Å². The fourth-order valence-corrected chi connectivity index (χ4v) is 1.13. The van der Waals surface area contributed by atoms with Crippen molar-refractivity contribution in [3.8, 4) is 0 Å². The Morgan fingerprint density at radius 3 is 2.67 bits per heavy atom. The molecule has 0 saturated heterocycles. The summed E-state index contributed by atoms with van der Waals surface area (Å²) in [6.07, 6.45) is 3.61. The van der Waals surface area contributed by atoms with Gasteiger partial charge in [0.05, 0.1) is 12.2 Å². The third-order valence-corrected chi connectivity index (χ3v) is 1.96. The van der Waals surface area contributed by atoms with E-state index >= 15 is 0 Å². The summed E-state index contributed by atoms with van der Waals surface area (Å²) in [5.41, 5.74) is 0.461.